The molecule has 0 aliphatic rings. The molecule has 0 aliphatic heterocycles. The number of rotatable bonds is 8. The van der Waals surface area contributed by atoms with E-state index in [1.54, 1.807) is 54.6 Å². The van der Waals surface area contributed by atoms with Gasteiger partial charge in [-0.2, -0.15) is 0 Å². The maximum Gasteiger partial charge on any atom is 0.253 e. The van der Waals surface area contributed by atoms with E-state index in [2.05, 4.69) is 20.6 Å². The largest absolute Gasteiger partial charge is 0.354 e. The quantitative estimate of drug-likeness (QED) is 0.175. The van der Waals surface area contributed by atoms with Crippen LogP contribution < -0.4 is 21.5 Å². The van der Waals surface area contributed by atoms with Crippen molar-refractivity contribution < 1.29 is 9.59 Å². The lowest BCUT2D eigenvalue weighted by Crippen LogP contribution is -2.37. The van der Waals surface area contributed by atoms with Crippen molar-refractivity contribution in [3.63, 3.8) is 0 Å². The average Bonchev–Trinajstić information content (AvgIpc) is 3.01. The number of hydrogen-bond acceptors (Lipinski definition) is 5. The number of nitrogens with zero attached hydrogens (tertiary/aromatic N) is 1. The SMILES string of the molecule is CN(CCNC(=O)c1cc(Cl)c2c(=O)c3ccccc3[nH]c2c1)CCNC(=O)c1ccc(Cl)c2c(=O)c3ccccc3[nH]c12. The molecule has 0 bridgehead atoms. The van der Waals surface area contributed by atoms with Gasteiger partial charge in [0, 0.05) is 53.5 Å². The molecule has 2 aromatic heterocycles. The van der Waals surface area contributed by atoms with E-state index < -0.39 is 0 Å². The van der Waals surface area contributed by atoms with Gasteiger partial charge in [-0.05, 0) is 55.6 Å². The molecule has 2 heterocycles. The predicted octanol–water partition coefficient (Wildman–Crippen LogP) is 5.07. The number of aromatic nitrogens is 2. The molecular formula is C33H27Cl2N5O4. The Kier molecular flexibility index (Phi) is 8.09. The van der Waals surface area contributed by atoms with Crippen LogP contribution in [0.2, 0.25) is 10.0 Å². The van der Waals surface area contributed by atoms with Crippen LogP contribution >= 0.6 is 23.2 Å². The van der Waals surface area contributed by atoms with Gasteiger partial charge in [-0.15, -0.1) is 0 Å². The Balaban J connectivity index is 1.06. The molecule has 4 N–H and O–H groups in total. The van der Waals surface area contributed by atoms with Crippen LogP contribution in [0, 0.1) is 0 Å². The molecule has 0 aliphatic carbocycles. The highest BCUT2D eigenvalue weighted by atomic mass is 35.5. The monoisotopic (exact) mass is 627 g/mol. The predicted molar refractivity (Wildman–Crippen MR) is 176 cm³/mol. The lowest BCUT2D eigenvalue weighted by molar-refractivity contribution is 0.0949. The van der Waals surface area contributed by atoms with E-state index in [1.165, 1.54) is 6.07 Å². The number of aromatic amines is 2. The van der Waals surface area contributed by atoms with Gasteiger partial charge < -0.3 is 25.5 Å². The average molecular weight is 629 g/mol. The number of carbonyl (C=O) groups excluding carboxylic acids is 2. The highest BCUT2D eigenvalue weighted by Crippen LogP contribution is 2.26. The number of likely N-dealkylation sites (N-methyl/N-ethyl adjacent to an activating group) is 1. The van der Waals surface area contributed by atoms with Crippen LogP contribution in [-0.4, -0.2) is 59.9 Å². The summed E-state index contributed by atoms with van der Waals surface area (Å²) in [6.07, 6.45) is 0. The number of H-pyrrole nitrogens is 2. The fourth-order valence-corrected chi connectivity index (χ4v) is 5.89. The Labute approximate surface area is 260 Å². The second kappa shape index (κ2) is 12.1. The summed E-state index contributed by atoms with van der Waals surface area (Å²) in [5.74, 6) is -0.654. The van der Waals surface area contributed by atoms with Gasteiger partial charge in [0.1, 0.15) is 0 Å². The first-order valence-electron chi connectivity index (χ1n) is 14.0. The lowest BCUT2D eigenvalue weighted by Gasteiger charge is -2.18. The number of para-hydroxylation sites is 2. The maximum atomic E-state index is 13.1. The molecule has 9 nitrogen and oxygen atoms in total. The number of halogens is 2. The molecule has 0 saturated carbocycles. The van der Waals surface area contributed by atoms with Crippen molar-refractivity contribution in [1.82, 2.24) is 25.5 Å². The molecule has 0 fully saturated rings. The second-order valence-electron chi connectivity index (χ2n) is 10.5. The molecular weight excluding hydrogens is 601 g/mol. The van der Waals surface area contributed by atoms with Gasteiger partial charge in [0.05, 0.1) is 37.4 Å². The van der Waals surface area contributed by atoms with Gasteiger partial charge in [0.15, 0.2) is 10.9 Å². The Bertz CT molecular complexity index is 2230. The van der Waals surface area contributed by atoms with Crippen LogP contribution in [0.5, 0.6) is 0 Å². The van der Waals surface area contributed by atoms with E-state index in [-0.39, 0.29) is 38.1 Å². The second-order valence-corrected chi connectivity index (χ2v) is 11.4. The summed E-state index contributed by atoms with van der Waals surface area (Å²) in [6, 6.07) is 20.5. The summed E-state index contributed by atoms with van der Waals surface area (Å²) < 4.78 is 0. The summed E-state index contributed by atoms with van der Waals surface area (Å²) >= 11 is 12.8. The third-order valence-corrected chi connectivity index (χ3v) is 8.25. The molecule has 0 spiro atoms. The standard InChI is InChI=1S/C33H27Cl2N5O4/c1-40(14-12-36-32(43)18-16-23(35)27-26(17-18)38-24-8-4-2-6-19(24)30(27)41)15-13-37-33(44)21-10-11-22(34)28-29(21)39-25-9-5-3-7-20(25)31(28)42/h2-11,16-17H,12-15H2,1H3,(H,36,43)(H,37,44)(H,38,41)(H,39,42). The van der Waals surface area contributed by atoms with E-state index in [0.29, 0.717) is 75.5 Å². The molecule has 0 saturated heterocycles. The van der Waals surface area contributed by atoms with Gasteiger partial charge in [0.25, 0.3) is 11.8 Å². The molecule has 0 unspecified atom stereocenters. The van der Waals surface area contributed by atoms with Crippen LogP contribution in [0.25, 0.3) is 43.6 Å². The van der Waals surface area contributed by atoms with Crippen LogP contribution in [0.4, 0.5) is 0 Å². The highest BCUT2D eigenvalue weighted by molar-refractivity contribution is 6.36. The number of fused-ring (bicyclic) bond motifs is 4. The molecule has 0 atom stereocenters. The summed E-state index contributed by atoms with van der Waals surface area (Å²) in [5, 5.41) is 7.91. The highest BCUT2D eigenvalue weighted by Gasteiger charge is 2.17. The number of nitrogens with one attached hydrogen (secondary N) is 4. The van der Waals surface area contributed by atoms with Crippen molar-refractivity contribution in [3.05, 3.63) is 114 Å². The first-order chi connectivity index (χ1) is 21.2. The first kappa shape index (κ1) is 29.4. The lowest BCUT2D eigenvalue weighted by atomic mass is 10.1. The summed E-state index contributed by atoms with van der Waals surface area (Å²) in [5.41, 5.74) is 2.41. The summed E-state index contributed by atoms with van der Waals surface area (Å²) in [4.78, 5) is 60.3. The fraction of sp³-hybridized carbons (Fsp3) is 0.152. The fourth-order valence-electron chi connectivity index (χ4n) is 5.34. The number of hydrogen-bond donors (Lipinski definition) is 4. The van der Waals surface area contributed by atoms with Crippen molar-refractivity contribution in [2.45, 2.75) is 0 Å². The van der Waals surface area contributed by atoms with Gasteiger partial charge in [-0.1, -0.05) is 47.5 Å². The molecule has 44 heavy (non-hydrogen) atoms. The number of benzene rings is 4. The minimum Gasteiger partial charge on any atom is -0.354 e. The van der Waals surface area contributed by atoms with E-state index in [0.717, 1.165) is 0 Å². The minimum atomic E-state index is -0.335. The molecule has 0 radical (unpaired) electrons. The van der Waals surface area contributed by atoms with Crippen molar-refractivity contribution in [2.24, 2.45) is 0 Å². The topological polar surface area (TPSA) is 127 Å². The molecule has 6 aromatic rings. The number of amides is 2. The van der Waals surface area contributed by atoms with E-state index in [9.17, 15) is 19.2 Å². The zero-order chi connectivity index (χ0) is 31.0. The van der Waals surface area contributed by atoms with Crippen molar-refractivity contribution in [1.29, 1.82) is 0 Å². The molecule has 2 amide bonds. The first-order valence-corrected chi connectivity index (χ1v) is 14.7. The molecule has 11 heteroatoms. The molecule has 6 rings (SSSR count). The van der Waals surface area contributed by atoms with E-state index in [1.807, 2.05) is 24.1 Å². The maximum absolute atomic E-state index is 13.1. The van der Waals surface area contributed by atoms with Gasteiger partial charge in [-0.3, -0.25) is 19.2 Å². The third-order valence-electron chi connectivity index (χ3n) is 7.64. The Morgan fingerprint density at radius 3 is 1.98 bits per heavy atom. The van der Waals surface area contributed by atoms with Crippen LogP contribution in [0.3, 0.4) is 0 Å². The molecule has 222 valence electrons. The minimum absolute atomic E-state index is 0.189. The third kappa shape index (κ3) is 5.53. The van der Waals surface area contributed by atoms with E-state index >= 15 is 0 Å². The smallest absolute Gasteiger partial charge is 0.253 e. The van der Waals surface area contributed by atoms with E-state index in [4.69, 9.17) is 23.2 Å². The zero-order valence-electron chi connectivity index (χ0n) is 23.6. The van der Waals surface area contributed by atoms with Gasteiger partial charge in [-0.25, -0.2) is 0 Å². The molecule has 4 aromatic carbocycles. The van der Waals surface area contributed by atoms with Crippen molar-refractivity contribution in [3.8, 4) is 0 Å². The summed E-state index contributed by atoms with van der Waals surface area (Å²) in [6.45, 7) is 1.73. The Morgan fingerprint density at radius 1 is 0.705 bits per heavy atom. The number of pyridine rings is 2. The van der Waals surface area contributed by atoms with Gasteiger partial charge >= 0.3 is 0 Å². The Hall–Kier alpha value is -4.70. The van der Waals surface area contributed by atoms with Crippen LogP contribution in [0.15, 0.2) is 82.4 Å². The van der Waals surface area contributed by atoms with Crippen molar-refractivity contribution >= 4 is 78.6 Å². The zero-order valence-corrected chi connectivity index (χ0v) is 25.1. The number of carbonyl (C=O) groups is 2. The van der Waals surface area contributed by atoms with Crippen LogP contribution in [-0.2, 0) is 0 Å². The van der Waals surface area contributed by atoms with Crippen molar-refractivity contribution in [2.75, 3.05) is 33.2 Å². The van der Waals surface area contributed by atoms with Crippen LogP contribution in [0.1, 0.15) is 20.7 Å². The Morgan fingerprint density at radius 2 is 1.30 bits per heavy atom. The van der Waals surface area contributed by atoms with Gasteiger partial charge in [0.2, 0.25) is 0 Å². The normalized spacial score (nSPS) is 11.5. The summed E-state index contributed by atoms with van der Waals surface area (Å²) in [7, 11) is 1.88.